The summed E-state index contributed by atoms with van der Waals surface area (Å²) in [6.45, 7) is 12.9. The van der Waals surface area contributed by atoms with Gasteiger partial charge in [-0.3, -0.25) is 0 Å². The van der Waals surface area contributed by atoms with Crippen molar-refractivity contribution in [2.24, 2.45) is 0 Å². The van der Waals surface area contributed by atoms with E-state index in [2.05, 4.69) is 25.1 Å². The molecule has 0 aromatic carbocycles. The fourth-order valence-electron chi connectivity index (χ4n) is 0.986. The molecule has 0 bridgehead atoms. The molecule has 0 rings (SSSR count). The lowest BCUT2D eigenvalue weighted by Crippen LogP contribution is -2.09. The molecular weight excluding hydrogens is 194 g/mol. The van der Waals surface area contributed by atoms with E-state index in [1.54, 1.807) is 18.2 Å². The van der Waals surface area contributed by atoms with E-state index in [0.717, 1.165) is 11.4 Å². The number of rotatable bonds is 7. The summed E-state index contributed by atoms with van der Waals surface area (Å²) in [6.07, 6.45) is 16.7. The topological polar surface area (TPSA) is 12.0 Å². The molecule has 0 aromatic heterocycles. The summed E-state index contributed by atoms with van der Waals surface area (Å²) in [5.41, 5.74) is 1.96. The Morgan fingerprint density at radius 2 is 1.44 bits per heavy atom. The van der Waals surface area contributed by atoms with Crippen LogP contribution in [0.5, 0.6) is 0 Å². The van der Waals surface area contributed by atoms with Gasteiger partial charge in [-0.1, -0.05) is 56.2 Å². The van der Waals surface area contributed by atoms with Crippen LogP contribution >= 0.6 is 0 Å². The summed E-state index contributed by atoms with van der Waals surface area (Å²) in [6, 6.07) is 0. The first-order chi connectivity index (χ1) is 7.78. The molecule has 0 radical (unpaired) electrons. The van der Waals surface area contributed by atoms with Crippen LogP contribution in [0.1, 0.15) is 6.92 Å². The Morgan fingerprint density at radius 1 is 0.875 bits per heavy atom. The van der Waals surface area contributed by atoms with Crippen molar-refractivity contribution in [2.45, 2.75) is 6.92 Å². The fraction of sp³-hybridized carbons (Fsp3) is 0.0667. The van der Waals surface area contributed by atoms with Crippen LogP contribution in [0.15, 0.2) is 85.8 Å². The second-order valence-electron chi connectivity index (χ2n) is 2.92. The zero-order valence-corrected chi connectivity index (χ0v) is 9.82. The van der Waals surface area contributed by atoms with Crippen LogP contribution in [0.3, 0.4) is 0 Å². The van der Waals surface area contributed by atoms with Crippen LogP contribution in [0, 0.1) is 0 Å². The average molecular weight is 213 g/mol. The average Bonchev–Trinajstić information content (AvgIpc) is 2.31. The van der Waals surface area contributed by atoms with Crippen molar-refractivity contribution in [3.8, 4) is 0 Å². The van der Waals surface area contributed by atoms with Crippen molar-refractivity contribution < 1.29 is 0 Å². The molecular formula is C15H19N. The highest BCUT2D eigenvalue weighted by Gasteiger charge is 1.91. The van der Waals surface area contributed by atoms with Crippen molar-refractivity contribution in [1.82, 2.24) is 5.32 Å². The van der Waals surface area contributed by atoms with E-state index >= 15 is 0 Å². The quantitative estimate of drug-likeness (QED) is 0.629. The van der Waals surface area contributed by atoms with Gasteiger partial charge in [-0.15, -0.1) is 0 Å². The molecule has 1 nitrogen and oxygen atoms in total. The van der Waals surface area contributed by atoms with Crippen molar-refractivity contribution in [1.29, 1.82) is 0 Å². The third kappa shape index (κ3) is 6.44. The largest absolute Gasteiger partial charge is 0.356 e. The molecule has 84 valence electrons. The molecule has 1 heteroatoms. The second-order valence-corrected chi connectivity index (χ2v) is 2.92. The van der Waals surface area contributed by atoms with Gasteiger partial charge in [-0.05, 0) is 25.2 Å². The van der Waals surface area contributed by atoms with E-state index in [1.165, 1.54) is 0 Å². The van der Waals surface area contributed by atoms with E-state index in [1.807, 2.05) is 43.4 Å². The van der Waals surface area contributed by atoms with Gasteiger partial charge in [0.2, 0.25) is 0 Å². The molecule has 0 saturated carbocycles. The molecule has 16 heavy (non-hydrogen) atoms. The zero-order chi connectivity index (χ0) is 12.2. The van der Waals surface area contributed by atoms with Crippen LogP contribution in [-0.4, -0.2) is 0 Å². The summed E-state index contributed by atoms with van der Waals surface area (Å²) < 4.78 is 0. The van der Waals surface area contributed by atoms with Gasteiger partial charge in [0.25, 0.3) is 0 Å². The van der Waals surface area contributed by atoms with Gasteiger partial charge in [0.1, 0.15) is 0 Å². The van der Waals surface area contributed by atoms with Gasteiger partial charge in [0, 0.05) is 11.4 Å². The smallest absolute Gasteiger partial charge is 0.0383 e. The Bertz CT molecular complexity index is 352. The lowest BCUT2D eigenvalue weighted by atomic mass is 10.3. The molecule has 0 heterocycles. The molecule has 0 fully saturated rings. The molecule has 0 amide bonds. The van der Waals surface area contributed by atoms with Crippen LogP contribution in [0.2, 0.25) is 0 Å². The van der Waals surface area contributed by atoms with Crippen LogP contribution in [0.4, 0.5) is 0 Å². The molecule has 0 aromatic rings. The van der Waals surface area contributed by atoms with Gasteiger partial charge in [0.05, 0.1) is 0 Å². The normalized spacial score (nSPS) is 13.1. The van der Waals surface area contributed by atoms with Gasteiger partial charge >= 0.3 is 0 Å². The highest BCUT2D eigenvalue weighted by atomic mass is 14.9. The minimum absolute atomic E-state index is 0.955. The lowest BCUT2D eigenvalue weighted by Gasteiger charge is -2.07. The Morgan fingerprint density at radius 3 is 1.88 bits per heavy atom. The molecule has 0 aliphatic rings. The predicted molar refractivity (Wildman–Crippen MR) is 73.8 cm³/mol. The summed E-state index contributed by atoms with van der Waals surface area (Å²) in [4.78, 5) is 0. The Hall–Kier alpha value is -2.02. The summed E-state index contributed by atoms with van der Waals surface area (Å²) >= 11 is 0. The van der Waals surface area contributed by atoms with Crippen molar-refractivity contribution in [3.63, 3.8) is 0 Å². The van der Waals surface area contributed by atoms with Crippen LogP contribution in [0.25, 0.3) is 0 Å². The standard InChI is InChI=1S/C15H19N/c1-5-9-12-14(8-4)16-15(11-7-3)13-10-6-2/h5-13,16H,1-3H2,4H3/b12-9-,13-10-,14-8+,15-11+. The number of hydrogen-bond donors (Lipinski definition) is 1. The number of nitrogens with one attached hydrogen (secondary N) is 1. The first-order valence-electron chi connectivity index (χ1n) is 5.12. The maximum atomic E-state index is 3.67. The van der Waals surface area contributed by atoms with E-state index in [4.69, 9.17) is 0 Å². The molecule has 0 aliphatic carbocycles. The van der Waals surface area contributed by atoms with Gasteiger partial charge < -0.3 is 5.32 Å². The second kappa shape index (κ2) is 9.53. The maximum absolute atomic E-state index is 3.67. The predicted octanol–water partition coefficient (Wildman–Crippen LogP) is 4.03. The highest BCUT2D eigenvalue weighted by Crippen LogP contribution is 2.00. The minimum atomic E-state index is 0.955. The maximum Gasteiger partial charge on any atom is 0.0383 e. The molecule has 0 aliphatic heterocycles. The molecule has 0 unspecified atom stereocenters. The first-order valence-corrected chi connectivity index (χ1v) is 5.12. The molecule has 0 saturated heterocycles. The summed E-state index contributed by atoms with van der Waals surface area (Å²) in [7, 11) is 0. The van der Waals surface area contributed by atoms with Crippen molar-refractivity contribution in [3.05, 3.63) is 85.8 Å². The fourth-order valence-corrected chi connectivity index (χ4v) is 0.986. The van der Waals surface area contributed by atoms with E-state index in [-0.39, 0.29) is 0 Å². The molecule has 0 spiro atoms. The SMILES string of the molecule is C=C/C=C\C(=C/C)NC(/C=C\C=C)=C/C=C. The van der Waals surface area contributed by atoms with Crippen molar-refractivity contribution in [2.75, 3.05) is 0 Å². The van der Waals surface area contributed by atoms with Crippen molar-refractivity contribution >= 4 is 0 Å². The van der Waals surface area contributed by atoms with Gasteiger partial charge in [-0.25, -0.2) is 0 Å². The third-order valence-corrected chi connectivity index (χ3v) is 1.72. The van der Waals surface area contributed by atoms with E-state index in [0.29, 0.717) is 0 Å². The molecule has 0 atom stereocenters. The van der Waals surface area contributed by atoms with E-state index in [9.17, 15) is 0 Å². The highest BCUT2D eigenvalue weighted by molar-refractivity contribution is 5.31. The first kappa shape index (κ1) is 14.0. The Labute approximate surface area is 98.6 Å². The molecule has 1 N–H and O–H groups in total. The monoisotopic (exact) mass is 213 g/mol. The summed E-state index contributed by atoms with van der Waals surface area (Å²) in [5.74, 6) is 0. The number of hydrogen-bond acceptors (Lipinski definition) is 1. The lowest BCUT2D eigenvalue weighted by molar-refractivity contribution is 1.04. The third-order valence-electron chi connectivity index (χ3n) is 1.72. The van der Waals surface area contributed by atoms with E-state index < -0.39 is 0 Å². The number of allylic oxidation sites excluding steroid dienone is 9. The minimum Gasteiger partial charge on any atom is -0.356 e. The Balaban J connectivity index is 4.73. The Kier molecular flexibility index (Phi) is 8.33. The summed E-state index contributed by atoms with van der Waals surface area (Å²) in [5, 5.41) is 3.26. The zero-order valence-electron chi connectivity index (χ0n) is 9.82. The van der Waals surface area contributed by atoms with Gasteiger partial charge in [0.15, 0.2) is 0 Å². The van der Waals surface area contributed by atoms with Crippen LogP contribution in [-0.2, 0) is 0 Å². The van der Waals surface area contributed by atoms with Gasteiger partial charge in [-0.2, -0.15) is 0 Å². The van der Waals surface area contributed by atoms with Crippen LogP contribution < -0.4 is 5.32 Å².